The lowest BCUT2D eigenvalue weighted by atomic mass is 9.95. The molecule has 122 valence electrons. The molecule has 1 aliphatic rings. The summed E-state index contributed by atoms with van der Waals surface area (Å²) in [7, 11) is 0. The van der Waals surface area contributed by atoms with E-state index in [4.69, 9.17) is 0 Å². The first-order valence-corrected chi connectivity index (χ1v) is 8.07. The zero-order valence-electron chi connectivity index (χ0n) is 12.1. The smallest absolute Gasteiger partial charge is 0.406 e. The van der Waals surface area contributed by atoms with Crippen LogP contribution in [-0.2, 0) is 12.8 Å². The van der Waals surface area contributed by atoms with Gasteiger partial charge in [-0.2, -0.15) is 0 Å². The molecule has 0 bridgehead atoms. The average Bonchev–Trinajstić information content (AvgIpc) is 2.92. The zero-order chi connectivity index (χ0) is 16.4. The second-order valence-corrected chi connectivity index (χ2v) is 6.25. The first kappa shape index (κ1) is 15.9. The maximum atomic E-state index is 12.3. The molecular weight excluding hydrogens is 327 g/mol. The van der Waals surface area contributed by atoms with Crippen molar-refractivity contribution in [1.82, 2.24) is 0 Å². The molecule has 0 saturated heterocycles. The van der Waals surface area contributed by atoms with Crippen molar-refractivity contribution in [3.8, 4) is 5.75 Å². The molecule has 0 atom stereocenters. The summed E-state index contributed by atoms with van der Waals surface area (Å²) >= 11 is 1.59. The molecule has 1 heterocycles. The topological polar surface area (TPSA) is 38.3 Å². The highest BCUT2D eigenvalue weighted by Gasteiger charge is 2.31. The van der Waals surface area contributed by atoms with Gasteiger partial charge >= 0.3 is 6.36 Å². The fourth-order valence-corrected chi connectivity index (χ4v) is 3.75. The maximum absolute atomic E-state index is 12.3. The lowest BCUT2D eigenvalue weighted by Gasteiger charge is -2.13. The highest BCUT2D eigenvalue weighted by Crippen LogP contribution is 2.31. The minimum Gasteiger partial charge on any atom is -0.406 e. The number of thiophene rings is 1. The predicted octanol–water partition coefficient (Wildman–Crippen LogP) is 4.78. The van der Waals surface area contributed by atoms with Crippen LogP contribution in [0.4, 0.5) is 18.9 Å². The van der Waals surface area contributed by atoms with Crippen LogP contribution in [0.3, 0.4) is 0 Å². The summed E-state index contributed by atoms with van der Waals surface area (Å²) in [4.78, 5) is 13.6. The number of hydrogen-bond donors (Lipinski definition) is 1. The molecular formula is C16H14F3NO2S. The third-order valence-electron chi connectivity index (χ3n) is 3.65. The van der Waals surface area contributed by atoms with Crippen LogP contribution in [0, 0.1) is 0 Å². The quantitative estimate of drug-likeness (QED) is 0.873. The third kappa shape index (κ3) is 3.85. The molecule has 1 amide bonds. The van der Waals surface area contributed by atoms with E-state index in [1.165, 1.54) is 29.1 Å². The van der Waals surface area contributed by atoms with Gasteiger partial charge in [-0.3, -0.25) is 4.79 Å². The molecule has 23 heavy (non-hydrogen) atoms. The van der Waals surface area contributed by atoms with Crippen molar-refractivity contribution >= 4 is 22.9 Å². The Labute approximate surface area is 135 Å². The molecule has 3 rings (SSSR count). The molecule has 7 heteroatoms. The van der Waals surface area contributed by atoms with Crippen molar-refractivity contribution in [3.05, 3.63) is 45.6 Å². The summed E-state index contributed by atoms with van der Waals surface area (Å²) in [5.74, 6) is -0.544. The van der Waals surface area contributed by atoms with Gasteiger partial charge in [-0.25, -0.2) is 0 Å². The Bertz CT molecular complexity index is 707. The van der Waals surface area contributed by atoms with Gasteiger partial charge in [0.15, 0.2) is 0 Å². The van der Waals surface area contributed by atoms with Crippen LogP contribution < -0.4 is 10.1 Å². The number of nitrogens with one attached hydrogen (secondary N) is 1. The van der Waals surface area contributed by atoms with Gasteiger partial charge in [-0.05, 0) is 55.5 Å². The van der Waals surface area contributed by atoms with Crippen LogP contribution in [0.15, 0.2) is 29.6 Å². The number of rotatable bonds is 3. The Kier molecular flexibility index (Phi) is 4.30. The van der Waals surface area contributed by atoms with E-state index in [-0.39, 0.29) is 11.7 Å². The minimum atomic E-state index is -4.72. The Morgan fingerprint density at radius 2 is 1.83 bits per heavy atom. The van der Waals surface area contributed by atoms with Crippen molar-refractivity contribution in [1.29, 1.82) is 0 Å². The van der Waals surface area contributed by atoms with E-state index in [2.05, 4.69) is 10.1 Å². The molecule has 0 spiro atoms. The maximum Gasteiger partial charge on any atom is 0.573 e. The lowest BCUT2D eigenvalue weighted by molar-refractivity contribution is -0.274. The van der Waals surface area contributed by atoms with Gasteiger partial charge in [0.25, 0.3) is 5.91 Å². The summed E-state index contributed by atoms with van der Waals surface area (Å²) in [5.41, 5.74) is 2.20. The fraction of sp³-hybridized carbons (Fsp3) is 0.312. The Hall–Kier alpha value is -2.02. The van der Waals surface area contributed by atoms with Gasteiger partial charge in [0, 0.05) is 15.9 Å². The van der Waals surface area contributed by atoms with Gasteiger partial charge in [0.2, 0.25) is 0 Å². The third-order valence-corrected chi connectivity index (χ3v) is 4.74. The fourth-order valence-electron chi connectivity index (χ4n) is 2.62. The summed E-state index contributed by atoms with van der Waals surface area (Å²) < 4.78 is 40.1. The number of hydrogen-bond acceptors (Lipinski definition) is 3. The van der Waals surface area contributed by atoms with Crippen molar-refractivity contribution < 1.29 is 22.7 Å². The number of carbonyl (C=O) groups excluding carboxylic acids is 1. The number of fused-ring (bicyclic) bond motifs is 1. The van der Waals surface area contributed by atoms with Crippen LogP contribution >= 0.6 is 11.3 Å². The predicted molar refractivity (Wildman–Crippen MR) is 82.0 cm³/mol. The zero-order valence-corrected chi connectivity index (χ0v) is 12.9. The summed E-state index contributed by atoms with van der Waals surface area (Å²) in [6.07, 6.45) is -0.583. The largest absolute Gasteiger partial charge is 0.573 e. The Morgan fingerprint density at radius 3 is 2.52 bits per heavy atom. The SMILES string of the molecule is O=C(Nc1ccc(OC(F)(F)F)cc1)c1csc2c1CCCC2. The van der Waals surface area contributed by atoms with E-state index < -0.39 is 6.36 Å². The summed E-state index contributed by atoms with van der Waals surface area (Å²) in [6.45, 7) is 0. The number of amides is 1. The van der Waals surface area contributed by atoms with E-state index in [1.54, 1.807) is 11.3 Å². The number of aryl methyl sites for hydroxylation is 1. The molecule has 0 fully saturated rings. The van der Waals surface area contributed by atoms with E-state index in [1.807, 2.05) is 5.38 Å². The van der Waals surface area contributed by atoms with Gasteiger partial charge in [-0.15, -0.1) is 24.5 Å². The van der Waals surface area contributed by atoms with Crippen LogP contribution in [0.1, 0.15) is 33.6 Å². The second kappa shape index (κ2) is 6.23. The van der Waals surface area contributed by atoms with Crippen LogP contribution in [0.5, 0.6) is 5.75 Å². The van der Waals surface area contributed by atoms with E-state index in [0.29, 0.717) is 11.3 Å². The van der Waals surface area contributed by atoms with E-state index >= 15 is 0 Å². The highest BCUT2D eigenvalue weighted by molar-refractivity contribution is 7.10. The van der Waals surface area contributed by atoms with Gasteiger partial charge in [-0.1, -0.05) is 0 Å². The average molecular weight is 341 g/mol. The van der Waals surface area contributed by atoms with Crippen molar-refractivity contribution in [2.45, 2.75) is 32.0 Å². The van der Waals surface area contributed by atoms with Crippen LogP contribution in [0.2, 0.25) is 0 Å². The number of alkyl halides is 3. The van der Waals surface area contributed by atoms with Crippen LogP contribution in [-0.4, -0.2) is 12.3 Å². The Morgan fingerprint density at radius 1 is 1.13 bits per heavy atom. The highest BCUT2D eigenvalue weighted by atomic mass is 32.1. The first-order chi connectivity index (χ1) is 10.9. The van der Waals surface area contributed by atoms with Crippen molar-refractivity contribution in [3.63, 3.8) is 0 Å². The summed E-state index contributed by atoms with van der Waals surface area (Å²) in [5, 5.41) is 4.57. The molecule has 2 aromatic rings. The normalized spacial score (nSPS) is 14.2. The molecule has 1 N–H and O–H groups in total. The van der Waals surface area contributed by atoms with Gasteiger partial charge in [0.05, 0.1) is 5.56 Å². The molecule has 0 aliphatic heterocycles. The van der Waals surface area contributed by atoms with Crippen molar-refractivity contribution in [2.24, 2.45) is 0 Å². The van der Waals surface area contributed by atoms with Crippen LogP contribution in [0.25, 0.3) is 0 Å². The monoisotopic (exact) mass is 341 g/mol. The van der Waals surface area contributed by atoms with Crippen molar-refractivity contribution in [2.75, 3.05) is 5.32 Å². The number of anilines is 1. The number of carbonyl (C=O) groups is 1. The number of benzene rings is 1. The van der Waals surface area contributed by atoms with E-state index in [9.17, 15) is 18.0 Å². The molecule has 3 nitrogen and oxygen atoms in total. The molecule has 0 unspecified atom stereocenters. The summed E-state index contributed by atoms with van der Waals surface area (Å²) in [6, 6.07) is 5.12. The number of halogens is 3. The minimum absolute atomic E-state index is 0.228. The standard InChI is InChI=1S/C16H14F3NO2S/c17-16(18,19)22-11-7-5-10(6-8-11)20-15(21)13-9-23-14-4-2-1-3-12(13)14/h5-9H,1-4H2,(H,20,21). The first-order valence-electron chi connectivity index (χ1n) is 7.19. The molecule has 0 saturated carbocycles. The van der Waals surface area contributed by atoms with E-state index in [0.717, 1.165) is 31.2 Å². The molecule has 0 radical (unpaired) electrons. The molecule has 1 aromatic heterocycles. The lowest BCUT2D eigenvalue weighted by Crippen LogP contribution is -2.17. The Balaban J connectivity index is 1.69. The second-order valence-electron chi connectivity index (χ2n) is 5.28. The molecule has 1 aliphatic carbocycles. The van der Waals surface area contributed by atoms with Gasteiger partial charge in [0.1, 0.15) is 5.75 Å². The molecule has 1 aromatic carbocycles. The number of ether oxygens (including phenoxy) is 1. The van der Waals surface area contributed by atoms with Gasteiger partial charge < -0.3 is 10.1 Å².